The molecule has 0 aromatic heterocycles. The fraction of sp³-hybridized carbons (Fsp3) is 0.0909. The molecule has 2 amide bonds. The molecule has 0 saturated carbocycles. The summed E-state index contributed by atoms with van der Waals surface area (Å²) in [6, 6.07) is 0. The van der Waals surface area contributed by atoms with Crippen molar-refractivity contribution in [3.8, 4) is 0 Å². The Morgan fingerprint density at radius 1 is 1.19 bits per heavy atom. The molecule has 0 aliphatic rings. The second-order valence-corrected chi connectivity index (χ2v) is 6.94. The molecule has 0 atom stereocenters. The average Bonchev–Trinajstić information content (AvgIpc) is 2.42. The Labute approximate surface area is 161 Å². The number of carbonyl (C=O) groups is 2. The predicted octanol–water partition coefficient (Wildman–Crippen LogP) is 2.22. The Balaban J connectivity index is 3.56. The van der Waals surface area contributed by atoms with Crippen molar-refractivity contribution in [1.29, 1.82) is 0 Å². The van der Waals surface area contributed by atoms with Gasteiger partial charge in [-0.2, -0.15) is 0 Å². The van der Waals surface area contributed by atoms with Gasteiger partial charge in [0, 0.05) is 10.1 Å². The number of anilines is 1. The predicted molar refractivity (Wildman–Crippen MR) is 101 cm³/mol. The first kappa shape index (κ1) is 18.9. The molecule has 0 aliphatic carbocycles. The molecule has 0 spiro atoms. The van der Waals surface area contributed by atoms with Crippen LogP contribution in [0, 0.1) is 10.7 Å². The molecule has 0 radical (unpaired) electrons. The van der Waals surface area contributed by atoms with Gasteiger partial charge in [-0.15, -0.1) is 6.58 Å². The summed E-state index contributed by atoms with van der Waals surface area (Å²) in [5.74, 6) is -1.49. The molecule has 0 fully saturated rings. The van der Waals surface area contributed by atoms with Crippen molar-refractivity contribution >= 4 is 85.3 Å². The number of benzene rings is 1. The van der Waals surface area contributed by atoms with E-state index in [4.69, 9.17) is 16.1 Å². The minimum atomic E-state index is -1.07. The van der Waals surface area contributed by atoms with Gasteiger partial charge >= 0.3 is 5.91 Å². The van der Waals surface area contributed by atoms with Crippen LogP contribution in [-0.4, -0.2) is 34.0 Å². The third-order valence-electron chi connectivity index (χ3n) is 2.38. The van der Waals surface area contributed by atoms with Crippen molar-refractivity contribution in [1.82, 2.24) is 10.5 Å². The zero-order valence-electron chi connectivity index (χ0n) is 10.4. The first-order chi connectivity index (χ1) is 9.73. The van der Waals surface area contributed by atoms with Crippen molar-refractivity contribution < 1.29 is 20.0 Å². The van der Waals surface area contributed by atoms with Gasteiger partial charge in [-0.05, 0) is 67.8 Å². The van der Waals surface area contributed by atoms with Gasteiger partial charge in [0.25, 0.3) is 5.91 Å². The molecule has 0 unspecified atom stereocenters. The van der Waals surface area contributed by atoms with E-state index in [1.165, 1.54) is 6.08 Å². The first-order valence-corrected chi connectivity index (χ1v) is 8.54. The third kappa shape index (κ3) is 3.96. The first-order valence-electron chi connectivity index (χ1n) is 5.31. The van der Waals surface area contributed by atoms with Crippen molar-refractivity contribution in [3.05, 3.63) is 34.5 Å². The van der Waals surface area contributed by atoms with Crippen LogP contribution in [0.15, 0.2) is 12.7 Å². The summed E-state index contributed by atoms with van der Waals surface area (Å²) < 4.78 is 1.12. The highest BCUT2D eigenvalue weighted by atomic mass is 127. The number of carbonyl (C=O) groups excluding carboxylic acids is 2. The standard InChI is InChI=1S/C11H10I3N3O4/c1-2-3-16-10(18)4-6(12)5(11(19)17(20)21)8(14)9(15)7(4)13/h2,20-21H,1,3,15H2,(H,16,18). The third-order valence-corrected chi connectivity index (χ3v) is 5.70. The van der Waals surface area contributed by atoms with Gasteiger partial charge in [0.15, 0.2) is 0 Å². The molecule has 0 heterocycles. The molecule has 10 heteroatoms. The van der Waals surface area contributed by atoms with Crippen LogP contribution in [0.1, 0.15) is 20.7 Å². The van der Waals surface area contributed by atoms with Gasteiger partial charge in [-0.1, -0.05) is 11.3 Å². The van der Waals surface area contributed by atoms with E-state index in [0.717, 1.165) is 0 Å². The largest absolute Gasteiger partial charge is 0.397 e. The number of rotatable bonds is 4. The normalized spacial score (nSPS) is 10.1. The maximum Gasteiger partial charge on any atom is 0.305 e. The van der Waals surface area contributed by atoms with Crippen LogP contribution in [0.4, 0.5) is 5.69 Å². The number of nitrogens with one attached hydrogen (secondary N) is 1. The Morgan fingerprint density at radius 3 is 2.19 bits per heavy atom. The highest BCUT2D eigenvalue weighted by molar-refractivity contribution is 14.1. The molecule has 1 aromatic carbocycles. The summed E-state index contributed by atoms with van der Waals surface area (Å²) in [6.45, 7) is 3.76. The second kappa shape index (κ2) is 7.89. The van der Waals surface area contributed by atoms with Gasteiger partial charge in [0.2, 0.25) is 0 Å². The smallest absolute Gasteiger partial charge is 0.305 e. The lowest BCUT2D eigenvalue weighted by Crippen LogP contribution is -2.30. The lowest BCUT2D eigenvalue weighted by molar-refractivity contribution is -0.260. The van der Waals surface area contributed by atoms with Crippen molar-refractivity contribution in [2.45, 2.75) is 0 Å². The van der Waals surface area contributed by atoms with Crippen molar-refractivity contribution in [2.75, 3.05) is 12.3 Å². The van der Waals surface area contributed by atoms with Crippen LogP contribution in [0.2, 0.25) is 0 Å². The fourth-order valence-corrected chi connectivity index (χ4v) is 5.54. The van der Waals surface area contributed by atoms with E-state index >= 15 is 0 Å². The SMILES string of the molecule is C=CCNC(=O)c1c(I)c(N)c(I)c(C(=O)N(O)O)c1I. The molecular formula is C11H10I3N3O4. The van der Waals surface area contributed by atoms with Crippen molar-refractivity contribution in [3.63, 3.8) is 0 Å². The number of nitrogens with two attached hydrogens (primary N) is 1. The van der Waals surface area contributed by atoms with Crippen LogP contribution in [-0.2, 0) is 0 Å². The maximum absolute atomic E-state index is 12.2. The topological polar surface area (TPSA) is 116 Å². The zero-order valence-corrected chi connectivity index (χ0v) is 16.8. The quantitative estimate of drug-likeness (QED) is 0.134. The zero-order chi connectivity index (χ0) is 16.3. The Kier molecular flexibility index (Phi) is 7.08. The van der Waals surface area contributed by atoms with Crippen LogP contribution in [0.25, 0.3) is 0 Å². The molecule has 0 saturated heterocycles. The Hall–Kier alpha value is -0.190. The van der Waals surface area contributed by atoms with E-state index in [0.29, 0.717) is 7.14 Å². The second-order valence-electron chi connectivity index (χ2n) is 3.70. The Bertz CT molecular complexity index is 619. The lowest BCUT2D eigenvalue weighted by Gasteiger charge is -2.17. The minimum Gasteiger partial charge on any atom is -0.397 e. The van der Waals surface area contributed by atoms with E-state index in [2.05, 4.69) is 11.9 Å². The molecule has 114 valence electrons. The van der Waals surface area contributed by atoms with E-state index in [-0.39, 0.29) is 26.9 Å². The summed E-state index contributed by atoms with van der Waals surface area (Å²) >= 11 is 5.53. The summed E-state index contributed by atoms with van der Waals surface area (Å²) in [5.41, 5.74) is 6.30. The van der Waals surface area contributed by atoms with Gasteiger partial charge < -0.3 is 11.1 Å². The van der Waals surface area contributed by atoms with Gasteiger partial charge in [0.05, 0.1) is 24.0 Å². The highest BCUT2D eigenvalue weighted by Crippen LogP contribution is 2.34. The van der Waals surface area contributed by atoms with Crippen LogP contribution in [0.5, 0.6) is 0 Å². The lowest BCUT2D eigenvalue weighted by atomic mass is 10.1. The van der Waals surface area contributed by atoms with Gasteiger partial charge in [0.1, 0.15) is 0 Å². The van der Waals surface area contributed by atoms with E-state index in [9.17, 15) is 9.59 Å². The van der Waals surface area contributed by atoms with E-state index < -0.39 is 17.0 Å². The maximum atomic E-state index is 12.2. The van der Waals surface area contributed by atoms with Crippen molar-refractivity contribution in [2.24, 2.45) is 0 Å². The molecule has 1 aromatic rings. The summed E-state index contributed by atoms with van der Waals surface area (Å²) in [4.78, 5) is 24.0. The molecule has 1 rings (SSSR count). The van der Waals surface area contributed by atoms with Gasteiger partial charge in [-0.3, -0.25) is 20.0 Å². The monoisotopic (exact) mass is 629 g/mol. The number of amides is 2. The number of hydrogen-bond donors (Lipinski definition) is 4. The molecular weight excluding hydrogens is 619 g/mol. The molecule has 21 heavy (non-hydrogen) atoms. The van der Waals surface area contributed by atoms with Gasteiger partial charge in [-0.25, -0.2) is 0 Å². The molecule has 5 N–H and O–H groups in total. The van der Waals surface area contributed by atoms with E-state index in [1.807, 2.05) is 45.2 Å². The molecule has 0 bridgehead atoms. The number of nitrogen functional groups attached to an aromatic ring is 1. The summed E-state index contributed by atoms with van der Waals surface area (Å²) in [6.07, 6.45) is 1.52. The number of hydroxylamine groups is 2. The highest BCUT2D eigenvalue weighted by Gasteiger charge is 2.28. The van der Waals surface area contributed by atoms with Crippen LogP contribution in [0.3, 0.4) is 0 Å². The Morgan fingerprint density at radius 2 is 1.71 bits per heavy atom. The molecule has 7 nitrogen and oxygen atoms in total. The summed E-state index contributed by atoms with van der Waals surface area (Å²) in [5, 5.41) is 19.9. The fourth-order valence-electron chi connectivity index (χ4n) is 1.42. The van der Waals surface area contributed by atoms with E-state index in [1.54, 1.807) is 22.6 Å². The van der Waals surface area contributed by atoms with Crippen LogP contribution >= 0.6 is 67.8 Å². The number of hydrogen-bond acceptors (Lipinski definition) is 5. The average molecular weight is 629 g/mol. The number of halogens is 3. The summed E-state index contributed by atoms with van der Waals surface area (Å²) in [7, 11) is 0. The minimum absolute atomic E-state index is 0.0390. The van der Waals surface area contributed by atoms with Crippen LogP contribution < -0.4 is 11.1 Å². The number of nitrogens with zero attached hydrogens (tertiary/aromatic N) is 1. The molecule has 0 aliphatic heterocycles.